The van der Waals surface area contributed by atoms with Gasteiger partial charge >= 0.3 is 0 Å². The first kappa shape index (κ1) is 13.8. The van der Waals surface area contributed by atoms with Crippen molar-refractivity contribution in [3.63, 3.8) is 0 Å². The van der Waals surface area contributed by atoms with Gasteiger partial charge in [0.05, 0.1) is 6.04 Å². The van der Waals surface area contributed by atoms with E-state index in [0.29, 0.717) is 18.4 Å². The van der Waals surface area contributed by atoms with Crippen LogP contribution in [0.2, 0.25) is 0 Å². The Balaban J connectivity index is 1.84. The van der Waals surface area contributed by atoms with Crippen molar-refractivity contribution < 1.29 is 4.79 Å². The SMILES string of the molecule is CCCC(=O)N1CC(Nc2cc(C(C)C)ccn2)C1. The minimum Gasteiger partial charge on any atom is -0.364 e. The minimum atomic E-state index is 0.268. The fourth-order valence-electron chi connectivity index (χ4n) is 2.24. The maximum Gasteiger partial charge on any atom is 0.222 e. The van der Waals surface area contributed by atoms with Crippen molar-refractivity contribution in [2.75, 3.05) is 18.4 Å². The number of carbonyl (C=O) groups excluding carboxylic acids is 1. The van der Waals surface area contributed by atoms with E-state index in [1.165, 1.54) is 5.56 Å². The monoisotopic (exact) mass is 261 g/mol. The van der Waals surface area contributed by atoms with Crippen LogP contribution >= 0.6 is 0 Å². The number of hydrogen-bond donors (Lipinski definition) is 1. The van der Waals surface area contributed by atoms with Crippen molar-refractivity contribution >= 4 is 11.7 Å². The second kappa shape index (κ2) is 6.04. The molecule has 0 aliphatic carbocycles. The fourth-order valence-corrected chi connectivity index (χ4v) is 2.24. The van der Waals surface area contributed by atoms with Crippen LogP contribution in [0.5, 0.6) is 0 Å². The highest BCUT2D eigenvalue weighted by Gasteiger charge is 2.29. The van der Waals surface area contributed by atoms with Gasteiger partial charge in [0.2, 0.25) is 5.91 Å². The van der Waals surface area contributed by atoms with Crippen molar-refractivity contribution in [1.82, 2.24) is 9.88 Å². The first-order valence-electron chi connectivity index (χ1n) is 7.10. The Bertz CT molecular complexity index is 439. The molecule has 104 valence electrons. The largest absolute Gasteiger partial charge is 0.364 e. The summed E-state index contributed by atoms with van der Waals surface area (Å²) in [6.07, 6.45) is 3.43. The molecule has 4 nitrogen and oxygen atoms in total. The molecule has 0 bridgehead atoms. The van der Waals surface area contributed by atoms with Gasteiger partial charge in [0, 0.05) is 25.7 Å². The van der Waals surface area contributed by atoms with Crippen LogP contribution in [0.3, 0.4) is 0 Å². The molecule has 1 N–H and O–H groups in total. The second-order valence-corrected chi connectivity index (χ2v) is 5.52. The van der Waals surface area contributed by atoms with Gasteiger partial charge in [-0.3, -0.25) is 4.79 Å². The zero-order chi connectivity index (χ0) is 13.8. The van der Waals surface area contributed by atoms with Gasteiger partial charge < -0.3 is 10.2 Å². The van der Waals surface area contributed by atoms with E-state index >= 15 is 0 Å². The van der Waals surface area contributed by atoms with E-state index in [1.54, 1.807) is 0 Å². The van der Waals surface area contributed by atoms with E-state index in [-0.39, 0.29) is 5.91 Å². The van der Waals surface area contributed by atoms with Gasteiger partial charge in [-0.15, -0.1) is 0 Å². The second-order valence-electron chi connectivity index (χ2n) is 5.52. The fraction of sp³-hybridized carbons (Fsp3) is 0.600. The van der Waals surface area contributed by atoms with Crippen molar-refractivity contribution in [2.45, 2.75) is 45.6 Å². The molecule has 1 saturated heterocycles. The molecule has 19 heavy (non-hydrogen) atoms. The summed E-state index contributed by atoms with van der Waals surface area (Å²) in [4.78, 5) is 17.9. The molecule has 0 spiro atoms. The maximum absolute atomic E-state index is 11.6. The van der Waals surface area contributed by atoms with E-state index in [2.05, 4.69) is 30.2 Å². The highest BCUT2D eigenvalue weighted by molar-refractivity contribution is 5.77. The molecule has 0 unspecified atom stereocenters. The third-order valence-electron chi connectivity index (χ3n) is 3.50. The van der Waals surface area contributed by atoms with Crippen LogP contribution in [0.4, 0.5) is 5.82 Å². The van der Waals surface area contributed by atoms with Gasteiger partial charge in [-0.1, -0.05) is 20.8 Å². The number of likely N-dealkylation sites (tertiary alicyclic amines) is 1. The molecule has 0 saturated carbocycles. The average Bonchev–Trinajstić information content (AvgIpc) is 2.33. The van der Waals surface area contributed by atoms with E-state index in [9.17, 15) is 4.79 Å². The van der Waals surface area contributed by atoms with Gasteiger partial charge in [-0.25, -0.2) is 4.98 Å². The van der Waals surface area contributed by atoms with Crippen molar-refractivity contribution in [3.8, 4) is 0 Å². The molecular formula is C15H23N3O. The van der Waals surface area contributed by atoms with E-state index < -0.39 is 0 Å². The van der Waals surface area contributed by atoms with Crippen molar-refractivity contribution in [1.29, 1.82) is 0 Å². The molecule has 2 heterocycles. The number of anilines is 1. The van der Waals surface area contributed by atoms with Gasteiger partial charge in [0.15, 0.2) is 0 Å². The van der Waals surface area contributed by atoms with Crippen LogP contribution in [0.1, 0.15) is 45.1 Å². The summed E-state index contributed by atoms with van der Waals surface area (Å²) in [5, 5.41) is 3.40. The number of aromatic nitrogens is 1. The summed E-state index contributed by atoms with van der Waals surface area (Å²) in [6, 6.07) is 4.49. The predicted octanol–water partition coefficient (Wildman–Crippen LogP) is 2.63. The lowest BCUT2D eigenvalue weighted by atomic mass is 10.0. The Morgan fingerprint density at radius 3 is 2.89 bits per heavy atom. The Labute approximate surface area is 115 Å². The number of rotatable bonds is 5. The smallest absolute Gasteiger partial charge is 0.222 e. The predicted molar refractivity (Wildman–Crippen MR) is 77.2 cm³/mol. The third-order valence-corrected chi connectivity index (χ3v) is 3.50. The Morgan fingerprint density at radius 1 is 1.53 bits per heavy atom. The van der Waals surface area contributed by atoms with Gasteiger partial charge in [0.1, 0.15) is 5.82 Å². The molecule has 1 aliphatic heterocycles. The van der Waals surface area contributed by atoms with Crippen LogP contribution in [0.15, 0.2) is 18.3 Å². The molecule has 1 aliphatic rings. The summed E-state index contributed by atoms with van der Waals surface area (Å²) in [5.41, 5.74) is 1.29. The molecule has 4 heteroatoms. The van der Waals surface area contributed by atoms with Gasteiger partial charge in [0.25, 0.3) is 0 Å². The average molecular weight is 261 g/mol. The summed E-state index contributed by atoms with van der Waals surface area (Å²) in [6.45, 7) is 7.98. The molecule has 0 aromatic carbocycles. The van der Waals surface area contributed by atoms with E-state index in [1.807, 2.05) is 24.1 Å². The van der Waals surface area contributed by atoms with Crippen LogP contribution in [0, 0.1) is 0 Å². The molecule has 1 fully saturated rings. The molecule has 1 amide bonds. The molecule has 1 aromatic rings. The normalized spacial score (nSPS) is 15.5. The first-order chi connectivity index (χ1) is 9.10. The number of hydrogen-bond acceptors (Lipinski definition) is 3. The Kier molecular flexibility index (Phi) is 4.40. The van der Waals surface area contributed by atoms with Crippen LogP contribution in [0.25, 0.3) is 0 Å². The molecule has 0 atom stereocenters. The maximum atomic E-state index is 11.6. The minimum absolute atomic E-state index is 0.268. The van der Waals surface area contributed by atoms with E-state index in [0.717, 1.165) is 25.3 Å². The lowest BCUT2D eigenvalue weighted by Gasteiger charge is -2.40. The standard InChI is InChI=1S/C15H23N3O/c1-4-5-15(19)18-9-13(10-18)17-14-8-12(11(2)3)6-7-16-14/h6-8,11,13H,4-5,9-10H2,1-3H3,(H,16,17). The van der Waals surface area contributed by atoms with Crippen molar-refractivity contribution in [3.05, 3.63) is 23.9 Å². The summed E-state index contributed by atoms with van der Waals surface area (Å²) < 4.78 is 0. The number of carbonyl (C=O) groups is 1. The van der Waals surface area contributed by atoms with Crippen LogP contribution < -0.4 is 5.32 Å². The van der Waals surface area contributed by atoms with Crippen LogP contribution in [-0.2, 0) is 4.79 Å². The Morgan fingerprint density at radius 2 is 2.26 bits per heavy atom. The summed E-state index contributed by atoms with van der Waals surface area (Å²) in [5.74, 6) is 1.69. The number of amides is 1. The lowest BCUT2D eigenvalue weighted by molar-refractivity contribution is -0.135. The number of nitrogens with one attached hydrogen (secondary N) is 1. The first-order valence-corrected chi connectivity index (χ1v) is 7.10. The topological polar surface area (TPSA) is 45.2 Å². The lowest BCUT2D eigenvalue weighted by Crippen LogP contribution is -2.57. The molecule has 2 rings (SSSR count). The van der Waals surface area contributed by atoms with Crippen molar-refractivity contribution in [2.24, 2.45) is 0 Å². The molecule has 0 radical (unpaired) electrons. The summed E-state index contributed by atoms with van der Waals surface area (Å²) >= 11 is 0. The quantitative estimate of drug-likeness (QED) is 0.886. The summed E-state index contributed by atoms with van der Waals surface area (Å²) in [7, 11) is 0. The zero-order valence-corrected chi connectivity index (χ0v) is 12.0. The van der Waals surface area contributed by atoms with Gasteiger partial charge in [-0.05, 0) is 30.0 Å². The van der Waals surface area contributed by atoms with E-state index in [4.69, 9.17) is 0 Å². The zero-order valence-electron chi connectivity index (χ0n) is 12.0. The number of pyridine rings is 1. The highest BCUT2D eigenvalue weighted by atomic mass is 16.2. The van der Waals surface area contributed by atoms with Gasteiger partial charge in [-0.2, -0.15) is 0 Å². The molecule has 1 aromatic heterocycles. The third kappa shape index (κ3) is 3.46. The molecular weight excluding hydrogens is 238 g/mol. The highest BCUT2D eigenvalue weighted by Crippen LogP contribution is 2.19. The number of nitrogens with zero attached hydrogens (tertiary/aromatic N) is 2. The Hall–Kier alpha value is -1.58. The van der Waals surface area contributed by atoms with Crippen LogP contribution in [-0.4, -0.2) is 34.9 Å².